The lowest BCUT2D eigenvalue weighted by molar-refractivity contribution is -0.141. The van der Waals surface area contributed by atoms with Crippen LogP contribution in [-0.2, 0) is 20.9 Å². The topological polar surface area (TPSA) is 85.9 Å². The Morgan fingerprint density at radius 1 is 1.15 bits per heavy atom. The maximum Gasteiger partial charge on any atom is 0.235 e. The molecular weight excluding hydrogens is 336 g/mol. The van der Waals surface area contributed by atoms with Gasteiger partial charge in [-0.3, -0.25) is 9.59 Å². The van der Waals surface area contributed by atoms with Crippen LogP contribution in [0.25, 0.3) is 0 Å². The minimum absolute atomic E-state index is 0.0459. The van der Waals surface area contributed by atoms with E-state index in [0.717, 1.165) is 25.0 Å². The van der Waals surface area contributed by atoms with Crippen molar-refractivity contribution >= 4 is 11.8 Å². The van der Waals surface area contributed by atoms with Crippen molar-refractivity contribution in [2.24, 2.45) is 5.41 Å². The Balaban J connectivity index is 1.89. The van der Waals surface area contributed by atoms with E-state index in [-0.39, 0.29) is 17.9 Å². The molecule has 2 N–H and O–H groups in total. The van der Waals surface area contributed by atoms with Crippen LogP contribution >= 0.6 is 0 Å². The minimum atomic E-state index is -1.17. The van der Waals surface area contributed by atoms with Crippen LogP contribution in [0.2, 0.25) is 0 Å². The Morgan fingerprint density at radius 2 is 1.85 bits per heavy atom. The summed E-state index contributed by atoms with van der Waals surface area (Å²) < 4.78 is 15.9. The Morgan fingerprint density at radius 3 is 2.46 bits per heavy atom. The third-order valence-corrected chi connectivity index (χ3v) is 4.55. The number of nitrogens with one attached hydrogen (secondary N) is 2. The van der Waals surface area contributed by atoms with Gasteiger partial charge in [0.2, 0.25) is 11.8 Å². The Kier molecular flexibility index (Phi) is 6.85. The monoisotopic (exact) mass is 364 g/mol. The highest BCUT2D eigenvalue weighted by Crippen LogP contribution is 2.27. The van der Waals surface area contributed by atoms with E-state index in [9.17, 15) is 9.59 Å². The van der Waals surface area contributed by atoms with Gasteiger partial charge in [0, 0.05) is 19.7 Å². The summed E-state index contributed by atoms with van der Waals surface area (Å²) in [6, 6.07) is 5.41. The van der Waals surface area contributed by atoms with Crippen LogP contribution in [0.1, 0.15) is 32.3 Å². The number of methoxy groups -OCH3 is 2. The number of ether oxygens (including phenoxy) is 3. The second kappa shape index (κ2) is 8.89. The molecule has 1 saturated heterocycles. The second-order valence-electron chi connectivity index (χ2n) is 6.84. The Bertz CT molecular complexity index is 639. The molecule has 1 aromatic rings. The average Bonchev–Trinajstić information content (AvgIpc) is 3.17. The normalized spacial score (nSPS) is 16.8. The number of amides is 2. The molecule has 0 bridgehead atoms. The van der Waals surface area contributed by atoms with E-state index in [1.165, 1.54) is 0 Å². The van der Waals surface area contributed by atoms with E-state index in [0.29, 0.717) is 24.6 Å². The summed E-state index contributed by atoms with van der Waals surface area (Å²) in [4.78, 5) is 24.9. The molecule has 26 heavy (non-hydrogen) atoms. The standard InChI is InChI=1S/C19H28N2O5/c1-19(2,18(23)21-12-14-6-5-9-26-14)17(22)20-11-13-7-8-15(24-3)16(10-13)25-4/h7-8,10,14H,5-6,9,11-12H2,1-4H3,(H,20,22)(H,21,23). The van der Waals surface area contributed by atoms with Gasteiger partial charge in [0.1, 0.15) is 5.41 Å². The summed E-state index contributed by atoms with van der Waals surface area (Å²) in [7, 11) is 3.12. The van der Waals surface area contributed by atoms with Crippen LogP contribution in [0.15, 0.2) is 18.2 Å². The fourth-order valence-electron chi connectivity index (χ4n) is 2.73. The van der Waals surface area contributed by atoms with Crippen LogP contribution in [0.5, 0.6) is 11.5 Å². The predicted molar refractivity (Wildman–Crippen MR) is 97.2 cm³/mol. The first-order valence-electron chi connectivity index (χ1n) is 8.77. The van der Waals surface area contributed by atoms with E-state index < -0.39 is 5.41 Å². The molecule has 144 valence electrons. The van der Waals surface area contributed by atoms with Gasteiger partial charge < -0.3 is 24.8 Å². The van der Waals surface area contributed by atoms with Crippen LogP contribution in [0, 0.1) is 5.41 Å². The molecule has 0 radical (unpaired) electrons. The first kappa shape index (κ1) is 20.0. The molecule has 1 aliphatic heterocycles. The first-order valence-corrected chi connectivity index (χ1v) is 8.77. The fourth-order valence-corrected chi connectivity index (χ4v) is 2.73. The molecule has 0 aromatic heterocycles. The molecule has 2 rings (SSSR count). The summed E-state index contributed by atoms with van der Waals surface area (Å²) in [6.07, 6.45) is 1.99. The van der Waals surface area contributed by atoms with Gasteiger partial charge in [-0.25, -0.2) is 0 Å². The third kappa shape index (κ3) is 4.88. The number of hydrogen-bond donors (Lipinski definition) is 2. The van der Waals surface area contributed by atoms with Crippen molar-refractivity contribution in [2.45, 2.75) is 39.3 Å². The summed E-state index contributed by atoms with van der Waals surface area (Å²) in [5.74, 6) is 0.569. The molecule has 0 saturated carbocycles. The van der Waals surface area contributed by atoms with E-state index >= 15 is 0 Å². The number of hydrogen-bond acceptors (Lipinski definition) is 5. The molecule has 1 atom stereocenters. The fraction of sp³-hybridized carbons (Fsp3) is 0.579. The van der Waals surface area contributed by atoms with Gasteiger partial charge >= 0.3 is 0 Å². The number of rotatable bonds is 8. The van der Waals surface area contributed by atoms with Gasteiger partial charge in [-0.15, -0.1) is 0 Å². The molecule has 7 nitrogen and oxygen atoms in total. The summed E-state index contributed by atoms with van der Waals surface area (Å²) in [6.45, 7) is 4.69. The summed E-state index contributed by atoms with van der Waals surface area (Å²) in [5.41, 5.74) is -0.318. The van der Waals surface area contributed by atoms with Crippen LogP contribution in [-0.4, -0.2) is 45.3 Å². The quantitative estimate of drug-likeness (QED) is 0.685. The van der Waals surface area contributed by atoms with Crippen molar-refractivity contribution in [2.75, 3.05) is 27.4 Å². The Hall–Kier alpha value is -2.28. The van der Waals surface area contributed by atoms with Gasteiger partial charge in [-0.1, -0.05) is 6.07 Å². The molecular formula is C19H28N2O5. The van der Waals surface area contributed by atoms with Gasteiger partial charge in [-0.05, 0) is 44.4 Å². The van der Waals surface area contributed by atoms with E-state index in [4.69, 9.17) is 14.2 Å². The molecule has 1 unspecified atom stereocenters. The molecule has 7 heteroatoms. The highest BCUT2D eigenvalue weighted by Gasteiger charge is 2.36. The van der Waals surface area contributed by atoms with Crippen molar-refractivity contribution in [3.8, 4) is 11.5 Å². The summed E-state index contributed by atoms with van der Waals surface area (Å²) in [5, 5.41) is 5.63. The first-order chi connectivity index (χ1) is 12.4. The molecule has 0 aliphatic carbocycles. The lowest BCUT2D eigenvalue weighted by Crippen LogP contribution is -2.49. The van der Waals surface area contributed by atoms with E-state index in [2.05, 4.69) is 10.6 Å². The van der Waals surface area contributed by atoms with Crippen molar-refractivity contribution in [1.29, 1.82) is 0 Å². The van der Waals surface area contributed by atoms with Gasteiger partial charge in [0.15, 0.2) is 11.5 Å². The van der Waals surface area contributed by atoms with Crippen molar-refractivity contribution in [3.63, 3.8) is 0 Å². The molecule has 1 aromatic carbocycles. The molecule has 1 aliphatic rings. The van der Waals surface area contributed by atoms with Crippen LogP contribution < -0.4 is 20.1 Å². The molecule has 2 amide bonds. The molecule has 1 fully saturated rings. The number of benzene rings is 1. The zero-order valence-electron chi connectivity index (χ0n) is 15.9. The van der Waals surface area contributed by atoms with Gasteiger partial charge in [0.05, 0.1) is 20.3 Å². The van der Waals surface area contributed by atoms with Crippen LogP contribution in [0.4, 0.5) is 0 Å². The van der Waals surface area contributed by atoms with Gasteiger partial charge in [0.25, 0.3) is 0 Å². The highest BCUT2D eigenvalue weighted by atomic mass is 16.5. The Labute approximate surface area is 154 Å². The van der Waals surface area contributed by atoms with Crippen LogP contribution in [0.3, 0.4) is 0 Å². The number of carbonyl (C=O) groups is 2. The van der Waals surface area contributed by atoms with Gasteiger partial charge in [-0.2, -0.15) is 0 Å². The zero-order chi connectivity index (χ0) is 19.2. The summed E-state index contributed by atoms with van der Waals surface area (Å²) >= 11 is 0. The maximum absolute atomic E-state index is 12.5. The van der Waals surface area contributed by atoms with Crippen molar-refractivity contribution in [3.05, 3.63) is 23.8 Å². The maximum atomic E-state index is 12.5. The molecule has 1 heterocycles. The molecule has 0 spiro atoms. The smallest absolute Gasteiger partial charge is 0.235 e. The lowest BCUT2D eigenvalue weighted by Gasteiger charge is -2.23. The number of carbonyl (C=O) groups excluding carboxylic acids is 2. The zero-order valence-corrected chi connectivity index (χ0v) is 15.9. The SMILES string of the molecule is COc1ccc(CNC(=O)C(C)(C)C(=O)NCC2CCCO2)cc1OC. The highest BCUT2D eigenvalue weighted by molar-refractivity contribution is 6.04. The average molecular weight is 364 g/mol. The third-order valence-electron chi connectivity index (χ3n) is 4.55. The second-order valence-corrected chi connectivity index (χ2v) is 6.84. The lowest BCUT2D eigenvalue weighted by atomic mass is 9.91. The minimum Gasteiger partial charge on any atom is -0.493 e. The predicted octanol–water partition coefficient (Wildman–Crippen LogP) is 1.64. The largest absolute Gasteiger partial charge is 0.493 e. The van der Waals surface area contributed by atoms with E-state index in [1.54, 1.807) is 40.2 Å². The van der Waals surface area contributed by atoms with Crippen molar-refractivity contribution in [1.82, 2.24) is 10.6 Å². The van der Waals surface area contributed by atoms with E-state index in [1.807, 2.05) is 6.07 Å². The van der Waals surface area contributed by atoms with Crippen molar-refractivity contribution < 1.29 is 23.8 Å².